The molecule has 1 aliphatic rings. The molecular weight excluding hydrogens is 437 g/mol. The van der Waals surface area contributed by atoms with E-state index >= 15 is 0 Å². The first-order valence-electron chi connectivity index (χ1n) is 9.86. The molecule has 1 saturated heterocycles. The minimum Gasteiger partial charge on any atom is -0.493 e. The summed E-state index contributed by atoms with van der Waals surface area (Å²) in [6, 6.07) is 9.60. The van der Waals surface area contributed by atoms with Crippen molar-refractivity contribution in [2.75, 3.05) is 32.7 Å². The first-order valence-corrected chi connectivity index (χ1v) is 9.86. The molecule has 33 heavy (non-hydrogen) atoms. The van der Waals surface area contributed by atoms with Crippen LogP contribution in [-0.4, -0.2) is 56.1 Å². The van der Waals surface area contributed by atoms with Crippen molar-refractivity contribution in [2.45, 2.75) is 6.42 Å². The van der Waals surface area contributed by atoms with Gasteiger partial charge >= 0.3 is 5.97 Å². The summed E-state index contributed by atoms with van der Waals surface area (Å²) in [6.07, 6.45) is -0.176. The molecule has 0 aliphatic carbocycles. The van der Waals surface area contributed by atoms with Gasteiger partial charge in [0.25, 0.3) is 11.8 Å². The number of halogens is 1. The lowest BCUT2D eigenvalue weighted by Crippen LogP contribution is -2.43. The zero-order chi connectivity index (χ0) is 24.0. The third-order valence-electron chi connectivity index (χ3n) is 4.81. The van der Waals surface area contributed by atoms with E-state index < -0.39 is 42.0 Å². The van der Waals surface area contributed by atoms with E-state index in [1.807, 2.05) is 0 Å². The quantitative estimate of drug-likeness (QED) is 0.574. The van der Waals surface area contributed by atoms with Crippen LogP contribution in [0, 0.1) is 11.7 Å². The summed E-state index contributed by atoms with van der Waals surface area (Å²) < 4.78 is 28.2. The molecule has 0 saturated carbocycles. The number of hydrogen-bond acceptors (Lipinski definition) is 7. The molecule has 0 spiro atoms. The summed E-state index contributed by atoms with van der Waals surface area (Å²) >= 11 is 0. The van der Waals surface area contributed by atoms with Gasteiger partial charge in [-0.2, -0.15) is 0 Å². The molecule has 2 N–H and O–H groups in total. The Labute approximate surface area is 188 Å². The second-order valence-electron chi connectivity index (χ2n) is 7.08. The summed E-state index contributed by atoms with van der Waals surface area (Å²) in [5.74, 6) is -2.91. The van der Waals surface area contributed by atoms with Gasteiger partial charge in [0.1, 0.15) is 5.82 Å². The molecule has 0 aromatic heterocycles. The van der Waals surface area contributed by atoms with Crippen molar-refractivity contribution < 1.29 is 37.8 Å². The average Bonchev–Trinajstić information content (AvgIpc) is 3.18. The van der Waals surface area contributed by atoms with Crippen molar-refractivity contribution in [1.82, 2.24) is 10.4 Å². The Hall–Kier alpha value is -4.15. The summed E-state index contributed by atoms with van der Waals surface area (Å²) in [4.78, 5) is 48.9. The van der Waals surface area contributed by atoms with Gasteiger partial charge in [-0.3, -0.25) is 29.6 Å². The van der Waals surface area contributed by atoms with Crippen LogP contribution in [0.5, 0.6) is 11.5 Å². The van der Waals surface area contributed by atoms with Gasteiger partial charge in [-0.15, -0.1) is 0 Å². The monoisotopic (exact) mass is 459 g/mol. The Morgan fingerprint density at radius 2 is 1.76 bits per heavy atom. The van der Waals surface area contributed by atoms with Crippen molar-refractivity contribution in [1.29, 1.82) is 0 Å². The number of hydrazine groups is 1. The lowest BCUT2D eigenvalue weighted by molar-refractivity contribution is -0.151. The minimum absolute atomic E-state index is 0.101. The van der Waals surface area contributed by atoms with Crippen molar-refractivity contribution in [3.8, 4) is 11.5 Å². The predicted molar refractivity (Wildman–Crippen MR) is 113 cm³/mol. The van der Waals surface area contributed by atoms with Gasteiger partial charge in [-0.05, 0) is 42.5 Å². The highest BCUT2D eigenvalue weighted by Gasteiger charge is 2.36. The standard InChI is InChI=1S/C22H22FN3O7/c1-31-17-8-3-13(9-18(17)32-2)21(29)25-26-11-14(10-20(26)28)22(30)33-12-19(27)24-16-6-4-15(23)5-7-16/h3-9,14H,10-12H2,1-2H3,(H,24,27)(H,25,29)/t14-/m0/s1. The Morgan fingerprint density at radius 3 is 2.42 bits per heavy atom. The number of ether oxygens (including phenoxy) is 3. The molecule has 2 aromatic rings. The van der Waals surface area contributed by atoms with E-state index in [9.17, 15) is 23.6 Å². The summed E-state index contributed by atoms with van der Waals surface area (Å²) in [7, 11) is 2.89. The smallest absolute Gasteiger partial charge is 0.311 e. The van der Waals surface area contributed by atoms with Gasteiger partial charge in [0.05, 0.1) is 26.7 Å². The van der Waals surface area contributed by atoms with E-state index in [4.69, 9.17) is 14.2 Å². The third kappa shape index (κ3) is 5.97. The summed E-state index contributed by atoms with van der Waals surface area (Å²) in [5.41, 5.74) is 3.02. The molecule has 10 nitrogen and oxygen atoms in total. The Balaban J connectivity index is 1.50. The fourth-order valence-corrected chi connectivity index (χ4v) is 3.12. The second-order valence-corrected chi connectivity index (χ2v) is 7.08. The van der Waals surface area contributed by atoms with Crippen LogP contribution in [0.15, 0.2) is 42.5 Å². The van der Waals surface area contributed by atoms with Gasteiger partial charge in [-0.1, -0.05) is 0 Å². The van der Waals surface area contributed by atoms with Crippen LogP contribution in [0.2, 0.25) is 0 Å². The van der Waals surface area contributed by atoms with Gasteiger partial charge < -0.3 is 19.5 Å². The fraction of sp³-hybridized carbons (Fsp3) is 0.273. The number of carbonyl (C=O) groups excluding carboxylic acids is 4. The number of esters is 1. The van der Waals surface area contributed by atoms with Crippen molar-refractivity contribution in [3.63, 3.8) is 0 Å². The molecule has 1 atom stereocenters. The maximum atomic E-state index is 12.9. The van der Waals surface area contributed by atoms with E-state index in [1.54, 1.807) is 6.07 Å². The molecule has 0 radical (unpaired) electrons. The SMILES string of the molecule is COc1ccc(C(=O)NN2C[C@@H](C(=O)OCC(=O)Nc3ccc(F)cc3)CC2=O)cc1OC. The number of anilines is 1. The molecule has 3 rings (SSSR count). The molecule has 1 fully saturated rings. The van der Waals surface area contributed by atoms with Crippen LogP contribution in [0.4, 0.5) is 10.1 Å². The lowest BCUT2D eigenvalue weighted by Gasteiger charge is -2.18. The highest BCUT2D eigenvalue weighted by Crippen LogP contribution is 2.27. The summed E-state index contributed by atoms with van der Waals surface area (Å²) in [6.45, 7) is -0.671. The largest absolute Gasteiger partial charge is 0.493 e. The number of amides is 3. The van der Waals surface area contributed by atoms with Crippen molar-refractivity contribution in [2.24, 2.45) is 5.92 Å². The van der Waals surface area contributed by atoms with Crippen LogP contribution < -0.4 is 20.2 Å². The maximum absolute atomic E-state index is 12.9. The Kier molecular flexibility index (Phi) is 7.44. The number of benzene rings is 2. The van der Waals surface area contributed by atoms with Crippen molar-refractivity contribution in [3.05, 3.63) is 53.8 Å². The molecule has 1 aliphatic heterocycles. The highest BCUT2D eigenvalue weighted by atomic mass is 19.1. The predicted octanol–water partition coefficient (Wildman–Crippen LogP) is 1.52. The third-order valence-corrected chi connectivity index (χ3v) is 4.81. The molecule has 3 amide bonds. The average molecular weight is 459 g/mol. The van der Waals surface area contributed by atoms with E-state index in [0.717, 1.165) is 5.01 Å². The Morgan fingerprint density at radius 1 is 1.06 bits per heavy atom. The molecule has 0 bridgehead atoms. The van der Waals surface area contributed by atoms with E-state index in [-0.39, 0.29) is 18.5 Å². The van der Waals surface area contributed by atoms with Crippen LogP contribution in [0.3, 0.4) is 0 Å². The zero-order valence-electron chi connectivity index (χ0n) is 17.9. The first-order chi connectivity index (χ1) is 15.8. The first kappa shape index (κ1) is 23.5. The lowest BCUT2D eigenvalue weighted by atomic mass is 10.1. The van der Waals surface area contributed by atoms with E-state index in [2.05, 4.69) is 10.7 Å². The number of rotatable bonds is 8. The molecule has 11 heteroatoms. The van der Waals surface area contributed by atoms with Crippen molar-refractivity contribution >= 4 is 29.4 Å². The number of carbonyl (C=O) groups is 4. The zero-order valence-corrected chi connectivity index (χ0v) is 17.9. The molecule has 174 valence electrons. The second kappa shape index (κ2) is 10.4. The number of methoxy groups -OCH3 is 2. The van der Waals surface area contributed by atoms with E-state index in [0.29, 0.717) is 17.2 Å². The van der Waals surface area contributed by atoms with Crippen LogP contribution in [-0.2, 0) is 19.1 Å². The normalized spacial score (nSPS) is 15.1. The minimum atomic E-state index is -0.846. The summed E-state index contributed by atoms with van der Waals surface area (Å²) in [5, 5.41) is 3.49. The van der Waals surface area contributed by atoms with Crippen LogP contribution >= 0.6 is 0 Å². The molecule has 0 unspecified atom stereocenters. The van der Waals surface area contributed by atoms with Crippen LogP contribution in [0.25, 0.3) is 0 Å². The Bertz CT molecular complexity index is 1060. The molecule has 1 heterocycles. The van der Waals surface area contributed by atoms with Crippen LogP contribution in [0.1, 0.15) is 16.8 Å². The molecule has 2 aromatic carbocycles. The maximum Gasteiger partial charge on any atom is 0.311 e. The van der Waals surface area contributed by atoms with Gasteiger partial charge in [0, 0.05) is 17.7 Å². The van der Waals surface area contributed by atoms with Gasteiger partial charge in [0.2, 0.25) is 5.91 Å². The number of nitrogens with zero attached hydrogens (tertiary/aromatic N) is 1. The van der Waals surface area contributed by atoms with Gasteiger partial charge in [0.15, 0.2) is 18.1 Å². The van der Waals surface area contributed by atoms with E-state index in [1.165, 1.54) is 50.6 Å². The topological polar surface area (TPSA) is 123 Å². The number of hydrogen-bond donors (Lipinski definition) is 2. The fourth-order valence-electron chi connectivity index (χ4n) is 3.12. The number of nitrogens with one attached hydrogen (secondary N) is 2. The molecular formula is C22H22FN3O7. The highest BCUT2D eigenvalue weighted by molar-refractivity contribution is 5.97. The van der Waals surface area contributed by atoms with Gasteiger partial charge in [-0.25, -0.2) is 4.39 Å².